The van der Waals surface area contributed by atoms with Crippen LogP contribution in [0.25, 0.3) is 0 Å². The molecule has 0 unspecified atom stereocenters. The standard InChI is InChI=1S/C23H44/c1-3-5-7-9-11-13-15-17-19-21-23-22-20-18-16-14-12-10-8-6-4-2/h11,13,17,19H,3-10,12,14-16,18,20-23H2,1-2H3/b13-11+,19-17+. The number of unbranched alkanes of at least 4 members (excludes halogenated alkanes) is 14. The lowest BCUT2D eigenvalue weighted by molar-refractivity contribution is 0.550. The van der Waals surface area contributed by atoms with Crippen molar-refractivity contribution in [3.63, 3.8) is 0 Å². The van der Waals surface area contributed by atoms with E-state index in [-0.39, 0.29) is 0 Å². The summed E-state index contributed by atoms with van der Waals surface area (Å²) in [5.74, 6) is 0. The molecule has 0 N–H and O–H groups in total. The molecule has 0 aromatic carbocycles. The Morgan fingerprint density at radius 3 is 1.22 bits per heavy atom. The van der Waals surface area contributed by atoms with Gasteiger partial charge in [-0.15, -0.1) is 0 Å². The third-order valence-corrected chi connectivity index (χ3v) is 4.55. The van der Waals surface area contributed by atoms with Crippen LogP contribution in [0.5, 0.6) is 0 Å². The molecule has 0 radical (unpaired) electrons. The van der Waals surface area contributed by atoms with E-state index < -0.39 is 0 Å². The maximum atomic E-state index is 2.38. The van der Waals surface area contributed by atoms with Crippen LogP contribution in [0.1, 0.15) is 123 Å². The molecule has 0 aliphatic carbocycles. The average molecular weight is 321 g/mol. The summed E-state index contributed by atoms with van der Waals surface area (Å²) in [7, 11) is 0. The monoisotopic (exact) mass is 320 g/mol. The minimum Gasteiger partial charge on any atom is -0.0882 e. The van der Waals surface area contributed by atoms with Crippen molar-refractivity contribution in [2.75, 3.05) is 0 Å². The Morgan fingerprint density at radius 2 is 0.739 bits per heavy atom. The lowest BCUT2D eigenvalue weighted by Gasteiger charge is -2.01. The fourth-order valence-electron chi connectivity index (χ4n) is 2.95. The zero-order chi connectivity index (χ0) is 16.8. The summed E-state index contributed by atoms with van der Waals surface area (Å²) >= 11 is 0. The zero-order valence-electron chi connectivity index (χ0n) is 16.3. The van der Waals surface area contributed by atoms with Crippen molar-refractivity contribution in [1.29, 1.82) is 0 Å². The maximum absolute atomic E-state index is 2.38. The van der Waals surface area contributed by atoms with Gasteiger partial charge < -0.3 is 0 Å². The van der Waals surface area contributed by atoms with E-state index in [1.54, 1.807) is 0 Å². The van der Waals surface area contributed by atoms with Crippen LogP contribution >= 0.6 is 0 Å². The predicted octanol–water partition coefficient (Wildman–Crippen LogP) is 8.77. The van der Waals surface area contributed by atoms with E-state index in [0.717, 1.165) is 6.42 Å². The number of hydrogen-bond acceptors (Lipinski definition) is 0. The second kappa shape index (κ2) is 21.5. The summed E-state index contributed by atoms with van der Waals surface area (Å²) in [4.78, 5) is 0. The van der Waals surface area contributed by atoms with Crippen molar-refractivity contribution in [2.45, 2.75) is 123 Å². The van der Waals surface area contributed by atoms with Crippen molar-refractivity contribution >= 4 is 0 Å². The predicted molar refractivity (Wildman–Crippen MR) is 108 cm³/mol. The Labute approximate surface area is 147 Å². The molecule has 0 aromatic rings. The Hall–Kier alpha value is -0.520. The first kappa shape index (κ1) is 22.5. The number of rotatable bonds is 18. The molecular weight excluding hydrogens is 276 g/mol. The van der Waals surface area contributed by atoms with Gasteiger partial charge in [0.2, 0.25) is 0 Å². The zero-order valence-corrected chi connectivity index (χ0v) is 16.3. The number of allylic oxidation sites excluding steroid dienone is 4. The van der Waals surface area contributed by atoms with E-state index in [9.17, 15) is 0 Å². The normalized spacial score (nSPS) is 11.9. The lowest BCUT2D eigenvalue weighted by atomic mass is 10.1. The van der Waals surface area contributed by atoms with Crippen LogP contribution in [0, 0.1) is 0 Å². The van der Waals surface area contributed by atoms with Gasteiger partial charge in [-0.2, -0.15) is 0 Å². The Bertz CT molecular complexity index is 249. The highest BCUT2D eigenvalue weighted by Gasteiger charge is 1.92. The van der Waals surface area contributed by atoms with Crippen molar-refractivity contribution in [1.82, 2.24) is 0 Å². The van der Waals surface area contributed by atoms with Crippen LogP contribution < -0.4 is 0 Å². The minimum atomic E-state index is 1.13. The minimum absolute atomic E-state index is 1.13. The lowest BCUT2D eigenvalue weighted by Crippen LogP contribution is -1.81. The molecule has 0 saturated heterocycles. The van der Waals surface area contributed by atoms with E-state index >= 15 is 0 Å². The highest BCUT2D eigenvalue weighted by Crippen LogP contribution is 2.12. The van der Waals surface area contributed by atoms with E-state index in [0.29, 0.717) is 0 Å². The third kappa shape index (κ3) is 21.5. The molecule has 0 bridgehead atoms. The summed E-state index contributed by atoms with van der Waals surface area (Å²) in [6.07, 6.45) is 32.9. The Morgan fingerprint density at radius 1 is 0.391 bits per heavy atom. The van der Waals surface area contributed by atoms with Gasteiger partial charge in [-0.1, -0.05) is 115 Å². The molecule has 0 fully saturated rings. The molecule has 136 valence electrons. The van der Waals surface area contributed by atoms with Gasteiger partial charge in [-0.25, -0.2) is 0 Å². The molecule has 0 nitrogen and oxygen atoms in total. The van der Waals surface area contributed by atoms with Crippen LogP contribution in [0.4, 0.5) is 0 Å². The SMILES string of the molecule is CCCCC/C=C/C/C=C/CCCCCCCCCCCCC. The highest BCUT2D eigenvalue weighted by atomic mass is 14.0. The van der Waals surface area contributed by atoms with E-state index in [1.165, 1.54) is 103 Å². The first-order valence-corrected chi connectivity index (χ1v) is 10.7. The molecule has 0 aromatic heterocycles. The fraction of sp³-hybridized carbons (Fsp3) is 0.826. The summed E-state index contributed by atoms with van der Waals surface area (Å²) in [5.41, 5.74) is 0. The van der Waals surface area contributed by atoms with Crippen molar-refractivity contribution < 1.29 is 0 Å². The van der Waals surface area contributed by atoms with Crippen LogP contribution in [-0.2, 0) is 0 Å². The van der Waals surface area contributed by atoms with Crippen LogP contribution in [-0.4, -0.2) is 0 Å². The van der Waals surface area contributed by atoms with Gasteiger partial charge in [0.15, 0.2) is 0 Å². The molecule has 0 spiro atoms. The first-order valence-electron chi connectivity index (χ1n) is 10.7. The summed E-state index contributed by atoms with van der Waals surface area (Å²) in [6, 6.07) is 0. The van der Waals surface area contributed by atoms with E-state index in [4.69, 9.17) is 0 Å². The van der Waals surface area contributed by atoms with Gasteiger partial charge in [-0.05, 0) is 32.1 Å². The van der Waals surface area contributed by atoms with Gasteiger partial charge in [0.1, 0.15) is 0 Å². The summed E-state index contributed by atoms with van der Waals surface area (Å²) in [5, 5.41) is 0. The van der Waals surface area contributed by atoms with Gasteiger partial charge in [0.25, 0.3) is 0 Å². The third-order valence-electron chi connectivity index (χ3n) is 4.55. The fourth-order valence-corrected chi connectivity index (χ4v) is 2.95. The van der Waals surface area contributed by atoms with Gasteiger partial charge >= 0.3 is 0 Å². The molecule has 0 saturated carbocycles. The maximum Gasteiger partial charge on any atom is -0.0169 e. The van der Waals surface area contributed by atoms with Crippen molar-refractivity contribution in [3.8, 4) is 0 Å². The van der Waals surface area contributed by atoms with E-state index in [2.05, 4.69) is 38.2 Å². The van der Waals surface area contributed by atoms with Crippen molar-refractivity contribution in [2.24, 2.45) is 0 Å². The molecule has 0 rings (SSSR count). The van der Waals surface area contributed by atoms with Crippen LogP contribution in [0.3, 0.4) is 0 Å². The van der Waals surface area contributed by atoms with Crippen molar-refractivity contribution in [3.05, 3.63) is 24.3 Å². The van der Waals surface area contributed by atoms with Crippen LogP contribution in [0.2, 0.25) is 0 Å². The molecule has 0 amide bonds. The van der Waals surface area contributed by atoms with Gasteiger partial charge in [0.05, 0.1) is 0 Å². The molecule has 0 aliphatic rings. The summed E-state index contributed by atoms with van der Waals surface area (Å²) < 4.78 is 0. The molecule has 0 heteroatoms. The van der Waals surface area contributed by atoms with E-state index in [1.807, 2.05) is 0 Å². The smallest absolute Gasteiger partial charge is 0.0169 e. The second-order valence-corrected chi connectivity index (χ2v) is 7.00. The van der Waals surface area contributed by atoms with Gasteiger partial charge in [-0.3, -0.25) is 0 Å². The Balaban J connectivity index is 3.10. The molecule has 0 heterocycles. The quantitative estimate of drug-likeness (QED) is 0.175. The molecular formula is C23H44. The first-order chi connectivity index (χ1) is 11.4. The highest BCUT2D eigenvalue weighted by molar-refractivity contribution is 4.92. The largest absolute Gasteiger partial charge is 0.0882 e. The Kier molecular flexibility index (Phi) is 21.0. The molecule has 0 aliphatic heterocycles. The summed E-state index contributed by atoms with van der Waals surface area (Å²) in [6.45, 7) is 4.56. The molecule has 23 heavy (non-hydrogen) atoms. The van der Waals surface area contributed by atoms with Gasteiger partial charge in [0, 0.05) is 0 Å². The number of hydrogen-bond donors (Lipinski definition) is 0. The average Bonchev–Trinajstić information content (AvgIpc) is 2.57. The topological polar surface area (TPSA) is 0 Å². The molecule has 0 atom stereocenters. The van der Waals surface area contributed by atoms with Crippen LogP contribution in [0.15, 0.2) is 24.3 Å². The second-order valence-electron chi connectivity index (χ2n) is 7.00.